The molecule has 6 nitrogen and oxygen atoms in total. The van der Waals surface area contributed by atoms with E-state index in [1.165, 1.54) is 12.7 Å². The molecule has 1 fully saturated rings. The average molecular weight is 322 g/mol. The minimum Gasteiger partial charge on any atom is -0.384 e. The molecule has 1 amide bonds. The number of rotatable bonds is 4. The smallest absolute Gasteiger partial charge is 0.225 e. The van der Waals surface area contributed by atoms with Crippen LogP contribution >= 0.6 is 24.8 Å². The molecule has 0 aromatic carbocycles. The molecule has 1 saturated carbocycles. The lowest BCUT2D eigenvalue weighted by Crippen LogP contribution is -2.44. The van der Waals surface area contributed by atoms with Crippen LogP contribution in [0.2, 0.25) is 0 Å². The molecule has 0 radical (unpaired) electrons. The summed E-state index contributed by atoms with van der Waals surface area (Å²) in [6.45, 7) is 0.513. The third-order valence-electron chi connectivity index (χ3n) is 3.63. The van der Waals surface area contributed by atoms with E-state index in [-0.39, 0.29) is 30.7 Å². The summed E-state index contributed by atoms with van der Waals surface area (Å²) in [5, 5.41) is 3.15. The molecule has 0 aliphatic heterocycles. The van der Waals surface area contributed by atoms with Crippen molar-refractivity contribution in [2.45, 2.75) is 32.1 Å². The number of halogens is 2. The number of anilines is 2. The number of nitrogens with zero attached hydrogens (tertiary/aromatic N) is 2. The second-order valence-corrected chi connectivity index (χ2v) is 4.89. The van der Waals surface area contributed by atoms with Gasteiger partial charge < -0.3 is 16.8 Å². The Labute approximate surface area is 130 Å². The van der Waals surface area contributed by atoms with E-state index in [2.05, 4.69) is 15.3 Å². The van der Waals surface area contributed by atoms with Crippen LogP contribution in [0.25, 0.3) is 0 Å². The Balaban J connectivity index is 0.00000180. The van der Waals surface area contributed by atoms with Crippen molar-refractivity contribution in [3.63, 3.8) is 0 Å². The van der Waals surface area contributed by atoms with E-state index in [0.29, 0.717) is 18.2 Å². The monoisotopic (exact) mass is 321 g/mol. The molecule has 1 aliphatic rings. The number of nitrogens with one attached hydrogen (secondary N) is 1. The molecular weight excluding hydrogens is 301 g/mol. The first kappa shape index (κ1) is 18.7. The van der Waals surface area contributed by atoms with Crippen LogP contribution in [0.3, 0.4) is 0 Å². The second kappa shape index (κ2) is 8.11. The van der Waals surface area contributed by atoms with Crippen LogP contribution in [0.15, 0.2) is 12.4 Å². The van der Waals surface area contributed by atoms with Crippen molar-refractivity contribution in [1.29, 1.82) is 0 Å². The maximum atomic E-state index is 11.7. The maximum Gasteiger partial charge on any atom is 0.225 e. The van der Waals surface area contributed by atoms with Crippen molar-refractivity contribution in [3.8, 4) is 0 Å². The van der Waals surface area contributed by atoms with E-state index in [1.54, 1.807) is 6.07 Å². The largest absolute Gasteiger partial charge is 0.384 e. The molecule has 1 heterocycles. The van der Waals surface area contributed by atoms with Gasteiger partial charge in [-0.15, -0.1) is 24.8 Å². The highest BCUT2D eigenvalue weighted by atomic mass is 35.5. The van der Waals surface area contributed by atoms with E-state index in [4.69, 9.17) is 11.5 Å². The van der Waals surface area contributed by atoms with Gasteiger partial charge >= 0.3 is 0 Å². The first-order chi connectivity index (χ1) is 8.62. The van der Waals surface area contributed by atoms with Gasteiger partial charge in [-0.2, -0.15) is 0 Å². The number of carbonyl (C=O) groups is 1. The molecule has 0 saturated heterocycles. The Morgan fingerprint density at radius 2 is 1.90 bits per heavy atom. The third-order valence-corrected chi connectivity index (χ3v) is 3.63. The summed E-state index contributed by atoms with van der Waals surface area (Å²) >= 11 is 0. The molecule has 8 heteroatoms. The highest BCUT2D eigenvalue weighted by Crippen LogP contribution is 2.36. The van der Waals surface area contributed by atoms with Crippen LogP contribution < -0.4 is 16.8 Å². The minimum atomic E-state index is -0.446. The standard InChI is InChI=1S/C12H19N5O.2ClH/c13-9-6-10(17-8-16-9)15-7-12(11(14)18)4-2-1-3-5-12;;/h6,8H,1-5,7H2,(H2,14,18)(H3,13,15,16,17);2*1H. The van der Waals surface area contributed by atoms with Crippen molar-refractivity contribution in [1.82, 2.24) is 9.97 Å². The molecule has 5 N–H and O–H groups in total. The molecule has 0 bridgehead atoms. The Kier molecular flexibility index (Phi) is 7.60. The van der Waals surface area contributed by atoms with Gasteiger partial charge in [-0.3, -0.25) is 4.79 Å². The lowest BCUT2D eigenvalue weighted by atomic mass is 9.73. The zero-order chi connectivity index (χ0) is 13.0. The predicted octanol–water partition coefficient (Wildman–Crippen LogP) is 1.75. The molecule has 114 valence electrons. The quantitative estimate of drug-likeness (QED) is 0.783. The van der Waals surface area contributed by atoms with Gasteiger partial charge in [0.15, 0.2) is 0 Å². The van der Waals surface area contributed by atoms with Crippen molar-refractivity contribution in [2.24, 2.45) is 11.1 Å². The van der Waals surface area contributed by atoms with Gasteiger partial charge in [0.05, 0.1) is 5.41 Å². The zero-order valence-electron chi connectivity index (χ0n) is 11.2. The first-order valence-corrected chi connectivity index (χ1v) is 6.24. The molecule has 0 unspecified atom stereocenters. The SMILES string of the molecule is Cl.Cl.NC(=O)C1(CNc2cc(N)ncn2)CCCCC1. The van der Waals surface area contributed by atoms with E-state index >= 15 is 0 Å². The van der Waals surface area contributed by atoms with Crippen LogP contribution in [-0.4, -0.2) is 22.4 Å². The highest BCUT2D eigenvalue weighted by Gasteiger charge is 2.37. The van der Waals surface area contributed by atoms with Gasteiger partial charge in [0.25, 0.3) is 0 Å². The van der Waals surface area contributed by atoms with Crippen LogP contribution in [0.4, 0.5) is 11.6 Å². The zero-order valence-corrected chi connectivity index (χ0v) is 12.8. The molecule has 2 rings (SSSR count). The van der Waals surface area contributed by atoms with Crippen LogP contribution in [0.1, 0.15) is 32.1 Å². The Morgan fingerprint density at radius 1 is 1.25 bits per heavy atom. The fourth-order valence-electron chi connectivity index (χ4n) is 2.47. The van der Waals surface area contributed by atoms with Gasteiger partial charge in [-0.1, -0.05) is 19.3 Å². The summed E-state index contributed by atoms with van der Waals surface area (Å²) in [5.74, 6) is 0.815. The van der Waals surface area contributed by atoms with Crippen molar-refractivity contribution < 1.29 is 4.79 Å². The summed E-state index contributed by atoms with van der Waals surface area (Å²) in [7, 11) is 0. The molecule has 20 heavy (non-hydrogen) atoms. The number of aromatic nitrogens is 2. The van der Waals surface area contributed by atoms with Gasteiger partial charge in [0.1, 0.15) is 18.0 Å². The highest BCUT2D eigenvalue weighted by molar-refractivity contribution is 5.85. The topological polar surface area (TPSA) is 107 Å². The Hall–Kier alpha value is -1.27. The number of carbonyl (C=O) groups excluding carboxylic acids is 1. The van der Waals surface area contributed by atoms with Gasteiger partial charge in [-0.25, -0.2) is 9.97 Å². The third kappa shape index (κ3) is 4.38. The molecule has 0 spiro atoms. The van der Waals surface area contributed by atoms with Crippen molar-refractivity contribution >= 4 is 42.4 Å². The molecular formula is C12H21Cl2N5O. The fourth-order valence-corrected chi connectivity index (χ4v) is 2.47. The van der Waals surface area contributed by atoms with Crippen molar-refractivity contribution in [3.05, 3.63) is 12.4 Å². The number of hydrogen-bond acceptors (Lipinski definition) is 5. The van der Waals surface area contributed by atoms with Gasteiger partial charge in [0.2, 0.25) is 5.91 Å². The lowest BCUT2D eigenvalue weighted by molar-refractivity contribution is -0.128. The Bertz CT molecular complexity index is 438. The summed E-state index contributed by atoms with van der Waals surface area (Å²) in [6, 6.07) is 1.65. The second-order valence-electron chi connectivity index (χ2n) is 4.89. The summed E-state index contributed by atoms with van der Waals surface area (Å²) in [5.41, 5.74) is 10.7. The van der Waals surface area contributed by atoms with E-state index in [0.717, 1.165) is 25.7 Å². The summed E-state index contributed by atoms with van der Waals surface area (Å²) in [4.78, 5) is 19.6. The van der Waals surface area contributed by atoms with Crippen LogP contribution in [0, 0.1) is 5.41 Å². The molecule has 0 atom stereocenters. The number of hydrogen-bond donors (Lipinski definition) is 3. The number of amides is 1. The summed E-state index contributed by atoms with van der Waals surface area (Å²) in [6.07, 6.45) is 6.36. The normalized spacial score (nSPS) is 16.4. The van der Waals surface area contributed by atoms with E-state index in [1.807, 2.05) is 0 Å². The number of primary amides is 1. The lowest BCUT2D eigenvalue weighted by Gasteiger charge is -2.34. The molecule has 1 aromatic heterocycles. The van der Waals surface area contributed by atoms with Crippen LogP contribution in [-0.2, 0) is 4.79 Å². The molecule has 1 aromatic rings. The molecule has 1 aliphatic carbocycles. The average Bonchev–Trinajstić information content (AvgIpc) is 2.37. The van der Waals surface area contributed by atoms with E-state index < -0.39 is 5.41 Å². The van der Waals surface area contributed by atoms with Gasteiger partial charge in [0, 0.05) is 12.6 Å². The fraction of sp³-hybridized carbons (Fsp3) is 0.583. The first-order valence-electron chi connectivity index (χ1n) is 6.24. The van der Waals surface area contributed by atoms with Crippen LogP contribution in [0.5, 0.6) is 0 Å². The summed E-state index contributed by atoms with van der Waals surface area (Å²) < 4.78 is 0. The maximum absolute atomic E-state index is 11.7. The number of nitrogens with two attached hydrogens (primary N) is 2. The minimum absolute atomic E-state index is 0. The number of nitrogen functional groups attached to an aromatic ring is 1. The Morgan fingerprint density at radius 3 is 2.45 bits per heavy atom. The van der Waals surface area contributed by atoms with Gasteiger partial charge in [-0.05, 0) is 12.8 Å². The van der Waals surface area contributed by atoms with Crippen molar-refractivity contribution in [2.75, 3.05) is 17.6 Å². The van der Waals surface area contributed by atoms with E-state index in [9.17, 15) is 4.79 Å². The predicted molar refractivity (Wildman–Crippen MR) is 84.1 cm³/mol.